The average molecular weight is 387 g/mol. The molecule has 3 rings (SSSR count). The quantitative estimate of drug-likeness (QED) is 0.845. The Morgan fingerprint density at radius 2 is 1.69 bits per heavy atom. The van der Waals surface area contributed by atoms with Gasteiger partial charge in [0.05, 0.1) is 0 Å². The van der Waals surface area contributed by atoms with Crippen LogP contribution >= 0.6 is 0 Å². The standard InChI is InChI=1S/C18H27F2N3O2S/c1-14-4-10-23(11-5-14)26(24,25)21-16-6-8-22(9-7-16)13-15-2-3-17(19)18(20)12-15/h2-3,12,14,16,21H,4-11,13H2,1H3. The number of benzene rings is 1. The molecule has 0 aliphatic carbocycles. The molecule has 5 nitrogen and oxygen atoms in total. The molecule has 26 heavy (non-hydrogen) atoms. The first kappa shape index (κ1) is 19.7. The van der Waals surface area contributed by atoms with Gasteiger partial charge in [0.25, 0.3) is 10.2 Å². The third-order valence-corrected chi connectivity index (χ3v) is 7.05. The minimum atomic E-state index is -3.42. The van der Waals surface area contributed by atoms with Crippen molar-refractivity contribution < 1.29 is 17.2 Å². The van der Waals surface area contributed by atoms with Crippen LogP contribution < -0.4 is 4.72 Å². The Hall–Kier alpha value is -1.09. The van der Waals surface area contributed by atoms with Gasteiger partial charge in [-0.3, -0.25) is 4.90 Å². The van der Waals surface area contributed by atoms with Gasteiger partial charge >= 0.3 is 0 Å². The lowest BCUT2D eigenvalue weighted by Crippen LogP contribution is -2.51. The van der Waals surface area contributed by atoms with Gasteiger partial charge in [0.2, 0.25) is 0 Å². The number of hydrogen-bond donors (Lipinski definition) is 1. The topological polar surface area (TPSA) is 52.7 Å². The first-order chi connectivity index (χ1) is 12.3. The zero-order valence-corrected chi connectivity index (χ0v) is 15.9. The Morgan fingerprint density at radius 3 is 2.31 bits per heavy atom. The van der Waals surface area contributed by atoms with E-state index in [1.807, 2.05) is 0 Å². The van der Waals surface area contributed by atoms with Crippen LogP contribution in [0.15, 0.2) is 18.2 Å². The van der Waals surface area contributed by atoms with E-state index < -0.39 is 21.8 Å². The first-order valence-electron chi connectivity index (χ1n) is 9.27. The summed E-state index contributed by atoms with van der Waals surface area (Å²) in [5.74, 6) is -1.09. The minimum Gasteiger partial charge on any atom is -0.299 e. The Morgan fingerprint density at radius 1 is 1.04 bits per heavy atom. The number of halogens is 2. The van der Waals surface area contributed by atoms with Crippen LogP contribution in [0.3, 0.4) is 0 Å². The lowest BCUT2D eigenvalue weighted by Gasteiger charge is -2.35. The molecule has 0 aromatic heterocycles. The van der Waals surface area contributed by atoms with Gasteiger partial charge in [-0.1, -0.05) is 13.0 Å². The maximum absolute atomic E-state index is 13.3. The molecule has 0 saturated carbocycles. The van der Waals surface area contributed by atoms with Gasteiger partial charge < -0.3 is 0 Å². The fraction of sp³-hybridized carbons (Fsp3) is 0.667. The van der Waals surface area contributed by atoms with Gasteiger partial charge in [0.15, 0.2) is 11.6 Å². The monoisotopic (exact) mass is 387 g/mol. The summed E-state index contributed by atoms with van der Waals surface area (Å²) in [5, 5.41) is 0. The van der Waals surface area contributed by atoms with Crippen LogP contribution in [-0.4, -0.2) is 49.8 Å². The van der Waals surface area contributed by atoms with Crippen molar-refractivity contribution in [1.82, 2.24) is 13.9 Å². The molecule has 0 unspecified atom stereocenters. The van der Waals surface area contributed by atoms with E-state index in [4.69, 9.17) is 0 Å². The van der Waals surface area contributed by atoms with Crippen LogP contribution in [0.5, 0.6) is 0 Å². The van der Waals surface area contributed by atoms with Gasteiger partial charge in [0, 0.05) is 38.8 Å². The molecule has 0 spiro atoms. The van der Waals surface area contributed by atoms with E-state index in [1.54, 1.807) is 10.4 Å². The maximum Gasteiger partial charge on any atom is 0.279 e. The molecule has 2 fully saturated rings. The molecule has 0 radical (unpaired) electrons. The highest BCUT2D eigenvalue weighted by Gasteiger charge is 2.30. The van der Waals surface area contributed by atoms with Crippen LogP contribution in [-0.2, 0) is 16.8 Å². The van der Waals surface area contributed by atoms with Gasteiger partial charge in [0.1, 0.15) is 0 Å². The summed E-state index contributed by atoms with van der Waals surface area (Å²) in [5.41, 5.74) is 0.727. The zero-order chi connectivity index (χ0) is 18.7. The van der Waals surface area contributed by atoms with Crippen LogP contribution in [0.1, 0.15) is 38.2 Å². The summed E-state index contributed by atoms with van der Waals surface area (Å²) in [6.45, 7) is 5.32. The molecule has 0 bridgehead atoms. The van der Waals surface area contributed by atoms with Crippen molar-refractivity contribution >= 4 is 10.2 Å². The van der Waals surface area contributed by atoms with E-state index in [-0.39, 0.29) is 6.04 Å². The molecule has 2 aliphatic heterocycles. The van der Waals surface area contributed by atoms with E-state index in [0.717, 1.165) is 37.6 Å². The van der Waals surface area contributed by atoms with Crippen LogP contribution in [0, 0.1) is 17.6 Å². The van der Waals surface area contributed by atoms with Crippen molar-refractivity contribution in [3.63, 3.8) is 0 Å². The molecule has 2 aliphatic rings. The second-order valence-electron chi connectivity index (χ2n) is 7.50. The molecule has 2 saturated heterocycles. The lowest BCUT2D eigenvalue weighted by atomic mass is 10.0. The van der Waals surface area contributed by atoms with Crippen LogP contribution in [0.25, 0.3) is 0 Å². The highest BCUT2D eigenvalue weighted by molar-refractivity contribution is 7.87. The molecule has 8 heteroatoms. The van der Waals surface area contributed by atoms with E-state index in [2.05, 4.69) is 16.5 Å². The minimum absolute atomic E-state index is 0.0689. The van der Waals surface area contributed by atoms with Gasteiger partial charge in [-0.05, 0) is 49.3 Å². The third-order valence-electron chi connectivity index (χ3n) is 5.38. The van der Waals surface area contributed by atoms with Gasteiger partial charge in [-0.15, -0.1) is 0 Å². The summed E-state index contributed by atoms with van der Waals surface area (Å²) < 4.78 is 55.8. The van der Waals surface area contributed by atoms with E-state index in [9.17, 15) is 17.2 Å². The third kappa shape index (κ3) is 5.00. The van der Waals surface area contributed by atoms with Crippen LogP contribution in [0.2, 0.25) is 0 Å². The highest BCUT2D eigenvalue weighted by Crippen LogP contribution is 2.20. The first-order valence-corrected chi connectivity index (χ1v) is 10.7. The van der Waals surface area contributed by atoms with Gasteiger partial charge in [-0.2, -0.15) is 17.4 Å². The fourth-order valence-electron chi connectivity index (χ4n) is 3.62. The number of nitrogens with one attached hydrogen (secondary N) is 1. The smallest absolute Gasteiger partial charge is 0.279 e. The fourth-order valence-corrected chi connectivity index (χ4v) is 5.11. The Bertz CT molecular complexity index is 713. The summed E-state index contributed by atoms with van der Waals surface area (Å²) >= 11 is 0. The molecule has 1 N–H and O–H groups in total. The second-order valence-corrected chi connectivity index (χ2v) is 9.21. The van der Waals surface area contributed by atoms with Gasteiger partial charge in [-0.25, -0.2) is 8.78 Å². The summed E-state index contributed by atoms with van der Waals surface area (Å²) in [7, 11) is -3.42. The average Bonchev–Trinajstić information content (AvgIpc) is 2.60. The number of nitrogens with zero attached hydrogens (tertiary/aromatic N) is 2. The maximum atomic E-state index is 13.3. The molecule has 1 aromatic carbocycles. The largest absolute Gasteiger partial charge is 0.299 e. The van der Waals surface area contributed by atoms with Crippen molar-refractivity contribution in [2.75, 3.05) is 26.2 Å². The number of likely N-dealkylation sites (tertiary alicyclic amines) is 1. The summed E-state index contributed by atoms with van der Waals surface area (Å²) in [6.07, 6.45) is 3.25. The zero-order valence-electron chi connectivity index (χ0n) is 15.1. The van der Waals surface area contributed by atoms with E-state index in [1.165, 1.54) is 6.07 Å². The Labute approximate surface area is 154 Å². The van der Waals surface area contributed by atoms with Crippen molar-refractivity contribution in [3.8, 4) is 0 Å². The Kier molecular flexibility index (Phi) is 6.27. The number of hydrogen-bond acceptors (Lipinski definition) is 3. The second kappa shape index (κ2) is 8.29. The summed E-state index contributed by atoms with van der Waals surface area (Å²) in [4.78, 5) is 2.14. The van der Waals surface area contributed by atoms with Crippen molar-refractivity contribution in [2.24, 2.45) is 5.92 Å². The van der Waals surface area contributed by atoms with E-state index >= 15 is 0 Å². The van der Waals surface area contributed by atoms with Crippen molar-refractivity contribution in [1.29, 1.82) is 0 Å². The normalized spacial score (nSPS) is 22.0. The predicted molar refractivity (Wildman–Crippen MR) is 96.7 cm³/mol. The van der Waals surface area contributed by atoms with E-state index in [0.29, 0.717) is 38.4 Å². The summed E-state index contributed by atoms with van der Waals surface area (Å²) in [6, 6.07) is 3.89. The molecule has 0 amide bonds. The number of piperidine rings is 2. The molecule has 1 aromatic rings. The predicted octanol–water partition coefficient (Wildman–Crippen LogP) is 2.50. The van der Waals surface area contributed by atoms with Crippen molar-refractivity contribution in [3.05, 3.63) is 35.4 Å². The highest BCUT2D eigenvalue weighted by atomic mass is 32.2. The molecule has 2 heterocycles. The molecular weight excluding hydrogens is 360 g/mol. The SMILES string of the molecule is CC1CCN(S(=O)(=O)NC2CCN(Cc3ccc(F)c(F)c3)CC2)CC1. The molecule has 146 valence electrons. The lowest BCUT2D eigenvalue weighted by molar-refractivity contribution is 0.197. The Balaban J connectivity index is 1.48. The van der Waals surface area contributed by atoms with Crippen LogP contribution in [0.4, 0.5) is 8.78 Å². The molecular formula is C18H27F2N3O2S. The molecule has 0 atom stereocenters. The number of rotatable bonds is 5. The van der Waals surface area contributed by atoms with Crippen molar-refractivity contribution in [2.45, 2.75) is 45.2 Å².